The van der Waals surface area contributed by atoms with E-state index in [-0.39, 0.29) is 12.6 Å². The lowest BCUT2D eigenvalue weighted by molar-refractivity contribution is 0.251. The van der Waals surface area contributed by atoms with Crippen LogP contribution in [0.1, 0.15) is 12.5 Å². The van der Waals surface area contributed by atoms with E-state index in [9.17, 15) is 0 Å². The highest BCUT2D eigenvalue weighted by molar-refractivity contribution is 7.99. The highest BCUT2D eigenvalue weighted by atomic mass is 32.2. The molecule has 3 heteroatoms. The largest absolute Gasteiger partial charge is 0.395 e. The van der Waals surface area contributed by atoms with Gasteiger partial charge in [0, 0.05) is 22.4 Å². The first kappa shape index (κ1) is 14.1. The lowest BCUT2D eigenvalue weighted by Crippen LogP contribution is -2.28. The molecule has 0 spiro atoms. The van der Waals surface area contributed by atoms with E-state index in [1.165, 1.54) is 15.4 Å². The highest BCUT2D eigenvalue weighted by Gasteiger charge is 2.00. The van der Waals surface area contributed by atoms with Crippen LogP contribution in [0.5, 0.6) is 0 Å². The molecule has 1 unspecified atom stereocenters. The summed E-state index contributed by atoms with van der Waals surface area (Å²) < 4.78 is 0. The minimum absolute atomic E-state index is 0.137. The van der Waals surface area contributed by atoms with E-state index in [1.54, 1.807) is 11.8 Å². The van der Waals surface area contributed by atoms with Crippen molar-refractivity contribution in [1.29, 1.82) is 0 Å². The Labute approximate surface area is 118 Å². The van der Waals surface area contributed by atoms with Gasteiger partial charge in [-0.25, -0.2) is 0 Å². The maximum atomic E-state index is 8.96. The number of hydrogen-bond acceptors (Lipinski definition) is 3. The monoisotopic (exact) mass is 273 g/mol. The van der Waals surface area contributed by atoms with Gasteiger partial charge in [-0.1, -0.05) is 42.1 Å². The summed E-state index contributed by atoms with van der Waals surface area (Å²) >= 11 is 1.76. The fourth-order valence-electron chi connectivity index (χ4n) is 1.66. The molecule has 1 atom stereocenters. The summed E-state index contributed by atoms with van der Waals surface area (Å²) in [5.74, 6) is 0. The van der Waals surface area contributed by atoms with Crippen molar-refractivity contribution in [2.24, 2.45) is 0 Å². The Kier molecular flexibility index (Phi) is 5.45. The Morgan fingerprint density at radius 3 is 2.26 bits per heavy atom. The van der Waals surface area contributed by atoms with E-state index in [2.05, 4.69) is 53.8 Å². The van der Waals surface area contributed by atoms with Crippen LogP contribution < -0.4 is 5.32 Å². The molecule has 0 saturated carbocycles. The van der Waals surface area contributed by atoms with Gasteiger partial charge in [0.25, 0.3) is 0 Å². The maximum absolute atomic E-state index is 8.96. The lowest BCUT2D eigenvalue weighted by atomic mass is 10.2. The molecule has 2 N–H and O–H groups in total. The first-order valence-corrected chi connectivity index (χ1v) is 7.25. The van der Waals surface area contributed by atoms with Crippen molar-refractivity contribution >= 4 is 11.8 Å². The van der Waals surface area contributed by atoms with Crippen molar-refractivity contribution < 1.29 is 5.11 Å². The summed E-state index contributed by atoms with van der Waals surface area (Å²) in [5.41, 5.74) is 1.23. The van der Waals surface area contributed by atoms with Crippen LogP contribution >= 0.6 is 11.8 Å². The second-order valence-corrected chi connectivity index (χ2v) is 5.67. The topological polar surface area (TPSA) is 32.3 Å². The molecule has 0 aliphatic rings. The van der Waals surface area contributed by atoms with Gasteiger partial charge in [0.15, 0.2) is 0 Å². The van der Waals surface area contributed by atoms with Gasteiger partial charge in [0.2, 0.25) is 0 Å². The van der Waals surface area contributed by atoms with Crippen LogP contribution in [0.3, 0.4) is 0 Å². The highest BCUT2D eigenvalue weighted by Crippen LogP contribution is 2.27. The summed E-state index contributed by atoms with van der Waals surface area (Å²) in [4.78, 5) is 2.49. The molecule has 2 rings (SSSR count). The van der Waals surface area contributed by atoms with Gasteiger partial charge >= 0.3 is 0 Å². The van der Waals surface area contributed by atoms with Gasteiger partial charge in [0.05, 0.1) is 6.61 Å². The number of aliphatic hydroxyl groups excluding tert-OH is 1. The van der Waals surface area contributed by atoms with Gasteiger partial charge in [-0.2, -0.15) is 0 Å². The summed E-state index contributed by atoms with van der Waals surface area (Å²) in [6.45, 7) is 2.93. The maximum Gasteiger partial charge on any atom is 0.0582 e. The Balaban J connectivity index is 1.91. The van der Waals surface area contributed by atoms with Crippen LogP contribution in [-0.2, 0) is 6.54 Å². The molecule has 0 bridgehead atoms. The summed E-state index contributed by atoms with van der Waals surface area (Å²) in [7, 11) is 0. The molecule has 100 valence electrons. The first-order valence-electron chi connectivity index (χ1n) is 6.44. The van der Waals surface area contributed by atoms with E-state index < -0.39 is 0 Å². The SMILES string of the molecule is CC(CO)NCc1ccc(Sc2ccccc2)cc1. The molecular formula is C16H19NOS. The average molecular weight is 273 g/mol. The predicted molar refractivity (Wildman–Crippen MR) is 80.4 cm³/mol. The normalized spacial score (nSPS) is 12.3. The number of hydrogen-bond donors (Lipinski definition) is 2. The molecule has 0 saturated heterocycles. The fraction of sp³-hybridized carbons (Fsp3) is 0.250. The second-order valence-electron chi connectivity index (χ2n) is 4.52. The molecule has 0 fully saturated rings. The van der Waals surface area contributed by atoms with Crippen molar-refractivity contribution in [2.45, 2.75) is 29.3 Å². The van der Waals surface area contributed by atoms with Gasteiger partial charge < -0.3 is 10.4 Å². The molecule has 0 aliphatic heterocycles. The van der Waals surface area contributed by atoms with Crippen LogP contribution in [0, 0.1) is 0 Å². The van der Waals surface area contributed by atoms with Gasteiger partial charge in [-0.15, -0.1) is 0 Å². The summed E-state index contributed by atoms with van der Waals surface area (Å²) in [6, 6.07) is 19.0. The standard InChI is InChI=1S/C16H19NOS/c1-13(12-18)17-11-14-7-9-16(10-8-14)19-15-5-3-2-4-6-15/h2-10,13,17-18H,11-12H2,1H3. The molecule has 0 radical (unpaired) electrons. The molecular weight excluding hydrogens is 254 g/mol. The third-order valence-electron chi connectivity index (χ3n) is 2.83. The molecule has 2 aromatic carbocycles. The van der Waals surface area contributed by atoms with E-state index in [1.807, 2.05) is 13.0 Å². The van der Waals surface area contributed by atoms with Gasteiger partial charge in [0.1, 0.15) is 0 Å². The molecule has 0 aliphatic carbocycles. The summed E-state index contributed by atoms with van der Waals surface area (Å²) in [5, 5.41) is 12.2. The molecule has 0 amide bonds. The van der Waals surface area contributed by atoms with E-state index in [0.29, 0.717) is 0 Å². The third kappa shape index (κ3) is 4.71. The zero-order valence-corrected chi connectivity index (χ0v) is 11.9. The van der Waals surface area contributed by atoms with Gasteiger partial charge in [-0.3, -0.25) is 0 Å². The Morgan fingerprint density at radius 2 is 1.63 bits per heavy atom. The minimum Gasteiger partial charge on any atom is -0.395 e. The van der Waals surface area contributed by atoms with E-state index in [0.717, 1.165) is 6.54 Å². The van der Waals surface area contributed by atoms with Crippen molar-refractivity contribution in [1.82, 2.24) is 5.32 Å². The van der Waals surface area contributed by atoms with Crippen LogP contribution in [0.15, 0.2) is 64.4 Å². The zero-order valence-electron chi connectivity index (χ0n) is 11.0. The van der Waals surface area contributed by atoms with E-state index >= 15 is 0 Å². The summed E-state index contributed by atoms with van der Waals surface area (Å²) in [6.07, 6.45) is 0. The lowest BCUT2D eigenvalue weighted by Gasteiger charge is -2.10. The zero-order chi connectivity index (χ0) is 13.5. The first-order chi connectivity index (χ1) is 9.28. The number of benzene rings is 2. The van der Waals surface area contributed by atoms with Crippen LogP contribution in [0.25, 0.3) is 0 Å². The minimum atomic E-state index is 0.137. The van der Waals surface area contributed by atoms with Crippen LogP contribution in [-0.4, -0.2) is 17.8 Å². The Hall–Kier alpha value is -1.29. The third-order valence-corrected chi connectivity index (χ3v) is 3.85. The number of aliphatic hydroxyl groups is 1. The molecule has 0 heterocycles. The average Bonchev–Trinajstić information content (AvgIpc) is 2.47. The van der Waals surface area contributed by atoms with Crippen molar-refractivity contribution in [3.8, 4) is 0 Å². The quantitative estimate of drug-likeness (QED) is 0.847. The van der Waals surface area contributed by atoms with Crippen molar-refractivity contribution in [2.75, 3.05) is 6.61 Å². The Bertz CT molecular complexity index is 484. The fourth-order valence-corrected chi connectivity index (χ4v) is 2.49. The molecule has 2 nitrogen and oxygen atoms in total. The van der Waals surface area contributed by atoms with Crippen molar-refractivity contribution in [3.05, 3.63) is 60.2 Å². The number of rotatable bonds is 6. The van der Waals surface area contributed by atoms with Crippen LogP contribution in [0.4, 0.5) is 0 Å². The van der Waals surface area contributed by atoms with Crippen molar-refractivity contribution in [3.63, 3.8) is 0 Å². The van der Waals surface area contributed by atoms with E-state index in [4.69, 9.17) is 5.11 Å². The molecule has 0 aromatic heterocycles. The smallest absolute Gasteiger partial charge is 0.0582 e. The Morgan fingerprint density at radius 1 is 1.00 bits per heavy atom. The molecule has 19 heavy (non-hydrogen) atoms. The second kappa shape index (κ2) is 7.34. The van der Waals surface area contributed by atoms with Gasteiger partial charge in [-0.05, 0) is 36.8 Å². The predicted octanol–water partition coefficient (Wildman–Crippen LogP) is 3.31. The molecule has 2 aromatic rings. The van der Waals surface area contributed by atoms with Crippen LogP contribution in [0.2, 0.25) is 0 Å². The number of nitrogens with one attached hydrogen (secondary N) is 1.